The van der Waals surface area contributed by atoms with E-state index in [1.165, 1.54) is 11.3 Å². The van der Waals surface area contributed by atoms with Crippen molar-refractivity contribution in [1.29, 1.82) is 0 Å². The van der Waals surface area contributed by atoms with Gasteiger partial charge in [0, 0.05) is 33.1 Å². The van der Waals surface area contributed by atoms with E-state index in [1.807, 2.05) is 37.4 Å². The summed E-state index contributed by atoms with van der Waals surface area (Å²) in [5.41, 5.74) is 1.13. The number of amides is 1. The molecule has 1 aliphatic heterocycles. The molecule has 1 fully saturated rings. The first-order valence-corrected chi connectivity index (χ1v) is 11.6. The summed E-state index contributed by atoms with van der Waals surface area (Å²) in [6, 6.07) is 13.4. The lowest BCUT2D eigenvalue weighted by atomic mass is 9.93. The highest BCUT2D eigenvalue weighted by atomic mass is 32.2. The fraction of sp³-hybridized carbons (Fsp3) is 0.450. The lowest BCUT2D eigenvalue weighted by Crippen LogP contribution is -2.38. The van der Waals surface area contributed by atoms with Crippen molar-refractivity contribution in [2.75, 3.05) is 20.1 Å². The predicted molar refractivity (Wildman–Crippen MR) is 108 cm³/mol. The van der Waals surface area contributed by atoms with Crippen molar-refractivity contribution in [2.45, 2.75) is 36.4 Å². The summed E-state index contributed by atoms with van der Waals surface area (Å²) in [4.78, 5) is 14.2. The summed E-state index contributed by atoms with van der Waals surface area (Å²) >= 11 is 1.26. The van der Waals surface area contributed by atoms with E-state index in [1.54, 1.807) is 26.7 Å². The molecule has 0 spiro atoms. The minimum absolute atomic E-state index is 0.146. The van der Waals surface area contributed by atoms with Gasteiger partial charge in [-0.25, -0.2) is 8.42 Å². The number of carbonyl (C=O) groups excluding carboxylic acids is 1. The summed E-state index contributed by atoms with van der Waals surface area (Å²) in [7, 11) is -1.51. The van der Waals surface area contributed by atoms with Crippen molar-refractivity contribution >= 4 is 27.3 Å². The van der Waals surface area contributed by atoms with Crippen LogP contribution in [-0.4, -0.2) is 43.7 Å². The molecule has 1 saturated heterocycles. The Labute approximate surface area is 165 Å². The van der Waals surface area contributed by atoms with Gasteiger partial charge in [-0.1, -0.05) is 36.4 Å². The fourth-order valence-electron chi connectivity index (χ4n) is 3.44. The molecule has 0 aliphatic carbocycles. The Morgan fingerprint density at radius 1 is 1.15 bits per heavy atom. The summed E-state index contributed by atoms with van der Waals surface area (Å²) in [5.74, 6) is 0.557. The van der Waals surface area contributed by atoms with E-state index in [0.29, 0.717) is 36.2 Å². The minimum Gasteiger partial charge on any atom is -0.341 e. The number of thiophene rings is 1. The summed E-state index contributed by atoms with van der Waals surface area (Å²) in [5, 5.41) is 1.79. The van der Waals surface area contributed by atoms with Gasteiger partial charge in [0.15, 0.2) is 0 Å². The van der Waals surface area contributed by atoms with Gasteiger partial charge in [0.2, 0.25) is 5.91 Å². The lowest BCUT2D eigenvalue weighted by Gasteiger charge is -2.31. The normalized spacial score (nSPS) is 16.3. The number of hydrogen-bond donors (Lipinski definition) is 0. The number of sulfonamides is 1. The molecule has 1 aliphatic rings. The largest absolute Gasteiger partial charge is 0.341 e. The van der Waals surface area contributed by atoms with Gasteiger partial charge in [-0.15, -0.1) is 11.3 Å². The van der Waals surface area contributed by atoms with Gasteiger partial charge in [0.1, 0.15) is 4.21 Å². The van der Waals surface area contributed by atoms with Crippen LogP contribution in [0.5, 0.6) is 0 Å². The summed E-state index contributed by atoms with van der Waals surface area (Å²) < 4.78 is 27.1. The van der Waals surface area contributed by atoms with Crippen LogP contribution in [0.1, 0.15) is 31.2 Å². The Morgan fingerprint density at radius 2 is 1.85 bits per heavy atom. The van der Waals surface area contributed by atoms with Crippen LogP contribution in [-0.2, 0) is 21.4 Å². The topological polar surface area (TPSA) is 57.7 Å². The van der Waals surface area contributed by atoms with Gasteiger partial charge in [-0.3, -0.25) is 4.79 Å². The van der Waals surface area contributed by atoms with Crippen LogP contribution in [0, 0.1) is 5.92 Å². The molecule has 2 heterocycles. The average molecular weight is 407 g/mol. The molecule has 27 heavy (non-hydrogen) atoms. The second-order valence-electron chi connectivity index (χ2n) is 7.05. The smallest absolute Gasteiger partial charge is 0.252 e. The van der Waals surface area contributed by atoms with Gasteiger partial charge >= 0.3 is 0 Å². The van der Waals surface area contributed by atoms with E-state index in [0.717, 1.165) is 24.8 Å². The van der Waals surface area contributed by atoms with E-state index in [4.69, 9.17) is 0 Å². The first-order chi connectivity index (χ1) is 13.0. The molecular weight excluding hydrogens is 380 g/mol. The molecule has 7 heteroatoms. The fourth-order valence-corrected chi connectivity index (χ4v) is 6.05. The molecule has 3 rings (SSSR count). The van der Waals surface area contributed by atoms with Crippen LogP contribution in [0.2, 0.25) is 0 Å². The van der Waals surface area contributed by atoms with E-state index in [2.05, 4.69) is 0 Å². The van der Waals surface area contributed by atoms with Crippen LogP contribution in [0.25, 0.3) is 0 Å². The SMILES string of the molecule is CN(Cc1ccccc1)C(=O)CCC1CCN(S(=O)(=O)c2cccs2)CC1. The molecule has 146 valence electrons. The van der Waals surface area contributed by atoms with Crippen molar-refractivity contribution in [3.63, 3.8) is 0 Å². The third-order valence-electron chi connectivity index (χ3n) is 5.12. The first-order valence-electron chi connectivity index (χ1n) is 9.28. The number of carbonyl (C=O) groups is 1. The van der Waals surface area contributed by atoms with Gasteiger partial charge in [-0.05, 0) is 42.2 Å². The van der Waals surface area contributed by atoms with Crippen molar-refractivity contribution < 1.29 is 13.2 Å². The molecular formula is C20H26N2O3S2. The summed E-state index contributed by atoms with van der Waals surface area (Å²) in [6.07, 6.45) is 2.98. The third-order valence-corrected chi connectivity index (χ3v) is 8.39. The molecule has 0 N–H and O–H groups in total. The Hall–Kier alpha value is -1.70. The van der Waals surface area contributed by atoms with Gasteiger partial charge in [0.05, 0.1) is 0 Å². The highest BCUT2D eigenvalue weighted by Crippen LogP contribution is 2.28. The van der Waals surface area contributed by atoms with Crippen molar-refractivity contribution in [3.05, 3.63) is 53.4 Å². The third kappa shape index (κ3) is 5.18. The monoisotopic (exact) mass is 406 g/mol. The standard InChI is InChI=1S/C20H26N2O3S2/c1-21(16-18-6-3-2-4-7-18)19(23)10-9-17-11-13-22(14-12-17)27(24,25)20-8-5-15-26-20/h2-8,15,17H,9-14,16H2,1H3. The Balaban J connectivity index is 1.43. The van der Waals surface area contributed by atoms with Crippen LogP contribution in [0.15, 0.2) is 52.1 Å². The van der Waals surface area contributed by atoms with Crippen LogP contribution < -0.4 is 0 Å². The number of rotatable bonds is 7. The molecule has 2 aromatic rings. The van der Waals surface area contributed by atoms with E-state index in [-0.39, 0.29) is 5.91 Å². The molecule has 1 amide bonds. The van der Waals surface area contributed by atoms with E-state index >= 15 is 0 Å². The van der Waals surface area contributed by atoms with Crippen molar-refractivity contribution in [1.82, 2.24) is 9.21 Å². The highest BCUT2D eigenvalue weighted by molar-refractivity contribution is 7.91. The maximum absolute atomic E-state index is 12.6. The van der Waals surface area contributed by atoms with Crippen molar-refractivity contribution in [3.8, 4) is 0 Å². The second kappa shape index (κ2) is 8.99. The number of piperidine rings is 1. The van der Waals surface area contributed by atoms with Gasteiger partial charge in [0.25, 0.3) is 10.0 Å². The van der Waals surface area contributed by atoms with E-state index < -0.39 is 10.0 Å². The van der Waals surface area contributed by atoms with Gasteiger partial charge in [-0.2, -0.15) is 4.31 Å². The van der Waals surface area contributed by atoms with Crippen LogP contribution in [0.4, 0.5) is 0 Å². The quantitative estimate of drug-likeness (QED) is 0.706. The Kier molecular flexibility index (Phi) is 6.68. The van der Waals surface area contributed by atoms with E-state index in [9.17, 15) is 13.2 Å². The Morgan fingerprint density at radius 3 is 2.48 bits per heavy atom. The molecule has 0 bridgehead atoms. The van der Waals surface area contributed by atoms with Gasteiger partial charge < -0.3 is 4.90 Å². The minimum atomic E-state index is -3.34. The second-order valence-corrected chi connectivity index (χ2v) is 10.2. The maximum atomic E-state index is 12.6. The number of hydrogen-bond acceptors (Lipinski definition) is 4. The highest BCUT2D eigenvalue weighted by Gasteiger charge is 2.30. The maximum Gasteiger partial charge on any atom is 0.252 e. The molecule has 0 saturated carbocycles. The van der Waals surface area contributed by atoms with Crippen molar-refractivity contribution in [2.24, 2.45) is 5.92 Å². The zero-order chi connectivity index (χ0) is 19.3. The molecule has 0 atom stereocenters. The molecule has 0 radical (unpaired) electrons. The first kappa shape index (κ1) is 20.0. The van der Waals surface area contributed by atoms with Crippen LogP contribution in [0.3, 0.4) is 0 Å². The Bertz CT molecular complexity index is 827. The molecule has 1 aromatic heterocycles. The molecule has 1 aromatic carbocycles. The molecule has 0 unspecified atom stereocenters. The lowest BCUT2D eigenvalue weighted by molar-refractivity contribution is -0.130. The predicted octanol–water partition coefficient (Wildman–Crippen LogP) is 3.59. The number of nitrogens with zero attached hydrogens (tertiary/aromatic N) is 2. The zero-order valence-electron chi connectivity index (χ0n) is 15.6. The zero-order valence-corrected chi connectivity index (χ0v) is 17.2. The molecule has 5 nitrogen and oxygen atoms in total. The summed E-state index contributed by atoms with van der Waals surface area (Å²) in [6.45, 7) is 1.70. The average Bonchev–Trinajstić information content (AvgIpc) is 3.23. The van der Waals surface area contributed by atoms with Crippen LogP contribution >= 0.6 is 11.3 Å². The number of benzene rings is 1.